The van der Waals surface area contributed by atoms with Crippen molar-refractivity contribution < 1.29 is 28.5 Å². The first kappa shape index (κ1) is 21.9. The zero-order chi connectivity index (χ0) is 21.6. The highest BCUT2D eigenvalue weighted by molar-refractivity contribution is 5.97. The van der Waals surface area contributed by atoms with E-state index in [1.54, 1.807) is 6.92 Å². The molecule has 1 atom stereocenters. The molecule has 8 heteroatoms. The first-order chi connectivity index (χ1) is 13.8. The Morgan fingerprint density at radius 1 is 0.862 bits per heavy atom. The Labute approximate surface area is 170 Å². The average Bonchev–Trinajstić information content (AvgIpc) is 2.72. The Morgan fingerprint density at radius 2 is 1.41 bits per heavy atom. The number of amides is 2. The fourth-order valence-electron chi connectivity index (χ4n) is 2.72. The van der Waals surface area contributed by atoms with Crippen molar-refractivity contribution >= 4 is 11.8 Å². The molecule has 2 rings (SSSR count). The lowest BCUT2D eigenvalue weighted by Crippen LogP contribution is -2.47. The summed E-state index contributed by atoms with van der Waals surface area (Å²) >= 11 is 0. The highest BCUT2D eigenvalue weighted by atomic mass is 16.5. The van der Waals surface area contributed by atoms with Crippen LogP contribution in [0.1, 0.15) is 28.4 Å². The van der Waals surface area contributed by atoms with Crippen LogP contribution in [0.3, 0.4) is 0 Å². The van der Waals surface area contributed by atoms with Crippen LogP contribution < -0.4 is 29.8 Å². The van der Waals surface area contributed by atoms with E-state index in [0.29, 0.717) is 23.0 Å². The summed E-state index contributed by atoms with van der Waals surface area (Å²) in [6.45, 7) is 5.41. The minimum atomic E-state index is -0.810. The second-order valence-corrected chi connectivity index (χ2v) is 6.34. The minimum Gasteiger partial charge on any atom is -0.493 e. The summed E-state index contributed by atoms with van der Waals surface area (Å²) in [5.41, 5.74) is 6.80. The summed E-state index contributed by atoms with van der Waals surface area (Å²) in [5, 5.41) is 0. The summed E-state index contributed by atoms with van der Waals surface area (Å²) < 4.78 is 21.4. The quantitative estimate of drug-likeness (QED) is 0.691. The van der Waals surface area contributed by atoms with Crippen LogP contribution in [0, 0.1) is 13.8 Å². The molecule has 0 aliphatic rings. The van der Waals surface area contributed by atoms with Crippen LogP contribution in [0.2, 0.25) is 0 Å². The third kappa shape index (κ3) is 5.10. The second kappa shape index (κ2) is 9.68. The van der Waals surface area contributed by atoms with E-state index >= 15 is 0 Å². The molecule has 0 saturated carbocycles. The van der Waals surface area contributed by atoms with Gasteiger partial charge in [0.05, 0.1) is 21.3 Å². The first-order valence-electron chi connectivity index (χ1n) is 8.95. The average molecular weight is 402 g/mol. The van der Waals surface area contributed by atoms with Gasteiger partial charge in [0.2, 0.25) is 5.75 Å². The van der Waals surface area contributed by atoms with Gasteiger partial charge in [0.25, 0.3) is 11.8 Å². The van der Waals surface area contributed by atoms with Crippen molar-refractivity contribution in [3.8, 4) is 23.0 Å². The van der Waals surface area contributed by atoms with Gasteiger partial charge in [-0.05, 0) is 44.0 Å². The van der Waals surface area contributed by atoms with E-state index in [0.717, 1.165) is 11.1 Å². The van der Waals surface area contributed by atoms with E-state index in [2.05, 4.69) is 10.9 Å². The van der Waals surface area contributed by atoms with Crippen molar-refractivity contribution in [3.63, 3.8) is 0 Å². The Hall–Kier alpha value is -3.42. The highest BCUT2D eigenvalue weighted by Crippen LogP contribution is 2.38. The third-order valence-electron chi connectivity index (χ3n) is 4.30. The van der Waals surface area contributed by atoms with Gasteiger partial charge in [-0.15, -0.1) is 0 Å². The van der Waals surface area contributed by atoms with Crippen molar-refractivity contribution in [2.45, 2.75) is 26.9 Å². The van der Waals surface area contributed by atoms with Crippen LogP contribution in [0.25, 0.3) is 0 Å². The number of nitrogens with one attached hydrogen (secondary N) is 2. The summed E-state index contributed by atoms with van der Waals surface area (Å²) in [4.78, 5) is 24.8. The van der Waals surface area contributed by atoms with Crippen LogP contribution in [0.15, 0.2) is 30.3 Å². The predicted molar refractivity (Wildman–Crippen MR) is 108 cm³/mol. The van der Waals surface area contributed by atoms with Crippen LogP contribution in [0.4, 0.5) is 0 Å². The van der Waals surface area contributed by atoms with Crippen molar-refractivity contribution in [3.05, 3.63) is 47.0 Å². The molecule has 29 heavy (non-hydrogen) atoms. The van der Waals surface area contributed by atoms with Gasteiger partial charge in [-0.3, -0.25) is 20.4 Å². The van der Waals surface area contributed by atoms with Gasteiger partial charge in [-0.2, -0.15) is 0 Å². The number of methoxy groups -OCH3 is 3. The van der Waals surface area contributed by atoms with E-state index < -0.39 is 17.9 Å². The number of hydrazine groups is 1. The molecule has 0 saturated heterocycles. The SMILES string of the molecule is COc1cc(C(=O)NNC(=O)C(C)Oc2c(C)cccc2C)cc(OC)c1OC. The number of ether oxygens (including phenoxy) is 4. The zero-order valence-corrected chi connectivity index (χ0v) is 17.4. The maximum Gasteiger partial charge on any atom is 0.279 e. The van der Waals surface area contributed by atoms with E-state index in [1.165, 1.54) is 33.5 Å². The van der Waals surface area contributed by atoms with Gasteiger partial charge in [0.1, 0.15) is 5.75 Å². The monoisotopic (exact) mass is 402 g/mol. The largest absolute Gasteiger partial charge is 0.493 e. The Morgan fingerprint density at radius 3 is 1.90 bits per heavy atom. The molecule has 0 aliphatic carbocycles. The second-order valence-electron chi connectivity index (χ2n) is 6.34. The standard InChI is InChI=1S/C21H26N2O6/c1-12-8-7-9-13(2)18(12)29-14(3)20(24)22-23-21(25)15-10-16(26-4)19(28-6)17(11-15)27-5/h7-11,14H,1-6H3,(H,22,24)(H,23,25). The molecular weight excluding hydrogens is 376 g/mol. The smallest absolute Gasteiger partial charge is 0.279 e. The van der Waals surface area contributed by atoms with Crippen LogP contribution in [-0.2, 0) is 4.79 Å². The fourth-order valence-corrected chi connectivity index (χ4v) is 2.72. The predicted octanol–water partition coefficient (Wildman–Crippen LogP) is 2.56. The van der Waals surface area contributed by atoms with Crippen LogP contribution >= 0.6 is 0 Å². The molecule has 0 heterocycles. The normalized spacial score (nSPS) is 11.2. The molecule has 0 bridgehead atoms. The highest BCUT2D eigenvalue weighted by Gasteiger charge is 2.20. The van der Waals surface area contributed by atoms with E-state index in [-0.39, 0.29) is 5.56 Å². The first-order valence-corrected chi connectivity index (χ1v) is 8.95. The van der Waals surface area contributed by atoms with Crippen LogP contribution in [-0.4, -0.2) is 39.2 Å². The maximum atomic E-state index is 12.5. The molecule has 8 nitrogen and oxygen atoms in total. The molecule has 0 aliphatic heterocycles. The van der Waals surface area contributed by atoms with Gasteiger partial charge < -0.3 is 18.9 Å². The lowest BCUT2D eigenvalue weighted by molar-refractivity contribution is -0.128. The van der Waals surface area contributed by atoms with Crippen molar-refractivity contribution in [1.82, 2.24) is 10.9 Å². The van der Waals surface area contributed by atoms with Crippen LogP contribution in [0.5, 0.6) is 23.0 Å². The zero-order valence-electron chi connectivity index (χ0n) is 17.4. The Kier molecular flexibility index (Phi) is 7.30. The lowest BCUT2D eigenvalue weighted by atomic mass is 10.1. The molecule has 2 aromatic carbocycles. The number of carbonyl (C=O) groups excluding carboxylic acids is 2. The molecule has 0 aromatic heterocycles. The Bertz CT molecular complexity index is 851. The number of hydrogen-bond acceptors (Lipinski definition) is 6. The number of benzene rings is 2. The molecule has 0 radical (unpaired) electrons. The summed E-state index contributed by atoms with van der Waals surface area (Å²) in [6.07, 6.45) is -0.810. The maximum absolute atomic E-state index is 12.5. The molecule has 0 fully saturated rings. The van der Waals surface area contributed by atoms with E-state index in [1.807, 2.05) is 32.0 Å². The molecule has 2 aromatic rings. The number of aryl methyl sites for hydroxylation is 2. The number of rotatable bonds is 7. The number of para-hydroxylation sites is 1. The molecular formula is C21H26N2O6. The van der Waals surface area contributed by atoms with Gasteiger partial charge in [-0.25, -0.2) is 0 Å². The van der Waals surface area contributed by atoms with Gasteiger partial charge in [0.15, 0.2) is 17.6 Å². The number of hydrogen-bond donors (Lipinski definition) is 2. The lowest BCUT2D eigenvalue weighted by Gasteiger charge is -2.18. The van der Waals surface area contributed by atoms with Crippen molar-refractivity contribution in [2.75, 3.05) is 21.3 Å². The van der Waals surface area contributed by atoms with Gasteiger partial charge in [-0.1, -0.05) is 18.2 Å². The van der Waals surface area contributed by atoms with E-state index in [9.17, 15) is 9.59 Å². The molecule has 2 amide bonds. The van der Waals surface area contributed by atoms with Gasteiger partial charge in [0, 0.05) is 5.56 Å². The minimum absolute atomic E-state index is 0.225. The summed E-state index contributed by atoms with van der Waals surface area (Å²) in [5.74, 6) is 0.632. The van der Waals surface area contributed by atoms with Gasteiger partial charge >= 0.3 is 0 Å². The summed E-state index contributed by atoms with van der Waals surface area (Å²) in [7, 11) is 4.37. The molecule has 156 valence electrons. The Balaban J connectivity index is 2.05. The molecule has 0 spiro atoms. The molecule has 1 unspecified atom stereocenters. The number of carbonyl (C=O) groups is 2. The van der Waals surface area contributed by atoms with E-state index in [4.69, 9.17) is 18.9 Å². The summed E-state index contributed by atoms with van der Waals surface area (Å²) in [6, 6.07) is 8.69. The fraction of sp³-hybridized carbons (Fsp3) is 0.333. The van der Waals surface area contributed by atoms with Crippen molar-refractivity contribution in [1.29, 1.82) is 0 Å². The van der Waals surface area contributed by atoms with Crippen molar-refractivity contribution in [2.24, 2.45) is 0 Å². The third-order valence-corrected chi connectivity index (χ3v) is 4.30. The topological polar surface area (TPSA) is 95.1 Å². The molecule has 2 N–H and O–H groups in total.